The Morgan fingerprint density at radius 1 is 0.541 bits per heavy atom. The topological polar surface area (TPSA) is 169 Å². The zero-order valence-electron chi connectivity index (χ0n) is 37.7. The van der Waals surface area contributed by atoms with Crippen molar-refractivity contribution in [2.24, 2.45) is 0 Å². The summed E-state index contributed by atoms with van der Waals surface area (Å²) in [6, 6.07) is -1.56. The van der Waals surface area contributed by atoms with Crippen LogP contribution in [-0.2, 0) is 32.7 Å². The molecule has 0 aromatic heterocycles. The average molecular weight is 876 g/mol. The van der Waals surface area contributed by atoms with Crippen molar-refractivity contribution in [3.63, 3.8) is 0 Å². The Bertz CT molecular complexity index is 1350. The van der Waals surface area contributed by atoms with E-state index >= 15 is 0 Å². The van der Waals surface area contributed by atoms with Crippen molar-refractivity contribution >= 4 is 25.7 Å². The first-order valence-electron chi connectivity index (χ1n) is 23.1. The summed E-state index contributed by atoms with van der Waals surface area (Å²) in [5.41, 5.74) is 0. The Kier molecular flexibility index (Phi) is 40.9. The first-order valence-corrected chi connectivity index (χ1v) is 24.6. The van der Waals surface area contributed by atoms with Crippen LogP contribution >= 0.6 is 7.82 Å². The molecule has 3 atom stereocenters. The zero-order valence-corrected chi connectivity index (χ0v) is 38.6. The van der Waals surface area contributed by atoms with Crippen LogP contribution in [0.4, 0.5) is 0 Å². The van der Waals surface area contributed by atoms with Crippen molar-refractivity contribution in [1.82, 2.24) is 5.32 Å². The number of nitrogens with one attached hydrogen (secondary N) is 1. The third-order valence-electron chi connectivity index (χ3n) is 9.42. The molecule has 0 radical (unpaired) electrons. The number of carbonyl (C=O) groups excluding carboxylic acids is 2. The van der Waals surface area contributed by atoms with E-state index in [0.29, 0.717) is 12.8 Å². The van der Waals surface area contributed by atoms with Gasteiger partial charge in [-0.1, -0.05) is 157 Å². The summed E-state index contributed by atoms with van der Waals surface area (Å²) in [5, 5.41) is 21.8. The van der Waals surface area contributed by atoms with Gasteiger partial charge in [-0.25, -0.2) is 9.36 Å². The lowest BCUT2D eigenvalue weighted by Gasteiger charge is -2.18. The molecule has 0 aromatic rings. The fourth-order valence-corrected chi connectivity index (χ4v) is 6.61. The number of rotatable bonds is 42. The van der Waals surface area contributed by atoms with Crippen molar-refractivity contribution < 1.29 is 47.8 Å². The lowest BCUT2D eigenvalue weighted by atomic mass is 10.1. The number of esters is 1. The summed E-state index contributed by atoms with van der Waals surface area (Å²) in [6.07, 6.45) is 53.1. The van der Waals surface area contributed by atoms with E-state index in [-0.39, 0.29) is 12.8 Å². The summed E-state index contributed by atoms with van der Waals surface area (Å²) in [4.78, 5) is 46.0. The van der Waals surface area contributed by atoms with E-state index in [1.807, 2.05) is 0 Å². The Hall–Kier alpha value is -3.34. The number of amides is 1. The summed E-state index contributed by atoms with van der Waals surface area (Å²) in [6.45, 7) is 2.42. The minimum Gasteiger partial charge on any atom is -0.480 e. The molecule has 61 heavy (non-hydrogen) atoms. The molecule has 0 aromatic carbocycles. The van der Waals surface area contributed by atoms with Crippen LogP contribution in [0.2, 0.25) is 0 Å². The van der Waals surface area contributed by atoms with Gasteiger partial charge in [0.25, 0.3) is 0 Å². The lowest BCUT2D eigenvalue weighted by Crippen LogP contribution is -2.43. The van der Waals surface area contributed by atoms with Gasteiger partial charge in [0.2, 0.25) is 5.91 Å². The molecule has 0 saturated heterocycles. The number of allylic oxidation sites excluding steroid dienone is 14. The molecule has 0 saturated carbocycles. The molecule has 0 fully saturated rings. The van der Waals surface area contributed by atoms with Gasteiger partial charge < -0.3 is 25.2 Å². The SMILES string of the molecule is CC/C=C\C/C=C\C/C=C\C/C=C\C/C=C\CCCCCCCC(=O)OCC(O)COP(=O)(O)OCC(NC(=O)CCCCCCC/C=C\C/C=C\CCCCCC)C(=O)O. The second-order valence-corrected chi connectivity index (χ2v) is 16.7. The normalized spacial score (nSPS) is 14.4. The molecular weight excluding hydrogens is 794 g/mol. The minimum atomic E-state index is -4.77. The monoisotopic (exact) mass is 876 g/mol. The van der Waals surface area contributed by atoms with Gasteiger partial charge >= 0.3 is 19.8 Å². The highest BCUT2D eigenvalue weighted by atomic mass is 31.2. The smallest absolute Gasteiger partial charge is 0.472 e. The number of unbranched alkanes of at least 4 members (excludes halogenated alkanes) is 14. The van der Waals surface area contributed by atoms with Crippen molar-refractivity contribution in [2.45, 2.75) is 187 Å². The highest BCUT2D eigenvalue weighted by molar-refractivity contribution is 7.47. The molecule has 0 bridgehead atoms. The molecule has 12 heteroatoms. The van der Waals surface area contributed by atoms with Crippen LogP contribution in [0.3, 0.4) is 0 Å². The van der Waals surface area contributed by atoms with E-state index in [1.54, 1.807) is 0 Å². The van der Waals surface area contributed by atoms with Crippen LogP contribution in [-0.4, -0.2) is 64.9 Å². The van der Waals surface area contributed by atoms with Gasteiger partial charge in [0.05, 0.1) is 13.2 Å². The first kappa shape index (κ1) is 57.7. The fourth-order valence-electron chi connectivity index (χ4n) is 5.84. The van der Waals surface area contributed by atoms with E-state index in [1.165, 1.54) is 25.7 Å². The lowest BCUT2D eigenvalue weighted by molar-refractivity contribution is -0.147. The Labute approximate surface area is 369 Å². The van der Waals surface area contributed by atoms with Gasteiger partial charge in [-0.15, -0.1) is 0 Å². The molecule has 0 heterocycles. The maximum absolute atomic E-state index is 12.3. The number of aliphatic carboxylic acids is 1. The molecule has 0 rings (SSSR count). The van der Waals surface area contributed by atoms with E-state index in [0.717, 1.165) is 109 Å². The number of phosphoric acid groups is 1. The maximum Gasteiger partial charge on any atom is 0.472 e. The number of phosphoric ester groups is 1. The number of aliphatic hydroxyl groups excluding tert-OH is 1. The van der Waals surface area contributed by atoms with Crippen LogP contribution in [0.15, 0.2) is 85.1 Å². The summed E-state index contributed by atoms with van der Waals surface area (Å²) >= 11 is 0. The second-order valence-electron chi connectivity index (χ2n) is 15.2. The van der Waals surface area contributed by atoms with Gasteiger partial charge in [-0.05, 0) is 89.9 Å². The van der Waals surface area contributed by atoms with E-state index < -0.39 is 57.6 Å². The summed E-state index contributed by atoms with van der Waals surface area (Å²) in [7, 11) is -4.77. The Balaban J connectivity index is 3.94. The van der Waals surface area contributed by atoms with Gasteiger partial charge in [0.15, 0.2) is 6.04 Å². The standard InChI is InChI=1S/C49H82NO10P/c1-3-5-7-9-11-13-15-17-19-21-22-23-24-25-27-29-31-33-35-37-39-41-48(53)58-42-45(51)43-59-61(56,57)60-44-46(49(54)55)50-47(52)40-38-36-34-32-30-28-26-20-18-16-14-12-10-8-6-4-2/h5,7,11,13-14,16-17,19-20,22-23,25-27,45-46,51H,3-4,6,8-10,12,15,18,21,24,28-44H2,1-2H3,(H,50,52)(H,54,55)(H,56,57)/b7-5-,13-11-,16-14-,19-17-,23-22-,26-20-,27-25-. The quantitative estimate of drug-likeness (QED) is 0.0200. The zero-order chi connectivity index (χ0) is 44.9. The highest BCUT2D eigenvalue weighted by Crippen LogP contribution is 2.43. The van der Waals surface area contributed by atoms with Crippen molar-refractivity contribution in [3.05, 3.63) is 85.1 Å². The molecule has 1 amide bonds. The van der Waals surface area contributed by atoms with Crippen LogP contribution in [0.5, 0.6) is 0 Å². The van der Waals surface area contributed by atoms with E-state index in [9.17, 15) is 34.1 Å². The molecule has 0 aliphatic carbocycles. The number of hydrogen-bond donors (Lipinski definition) is 4. The van der Waals surface area contributed by atoms with Crippen LogP contribution in [0, 0.1) is 0 Å². The number of carbonyl (C=O) groups is 3. The van der Waals surface area contributed by atoms with Crippen molar-refractivity contribution in [3.8, 4) is 0 Å². The molecule has 0 spiro atoms. The van der Waals surface area contributed by atoms with Gasteiger partial charge in [0.1, 0.15) is 12.7 Å². The van der Waals surface area contributed by atoms with Crippen molar-refractivity contribution in [1.29, 1.82) is 0 Å². The van der Waals surface area contributed by atoms with Gasteiger partial charge in [-0.2, -0.15) is 0 Å². The number of hydrogen-bond acceptors (Lipinski definition) is 8. The van der Waals surface area contributed by atoms with Gasteiger partial charge in [-0.3, -0.25) is 18.6 Å². The second kappa shape index (κ2) is 43.3. The minimum absolute atomic E-state index is 0.124. The molecule has 348 valence electrons. The largest absolute Gasteiger partial charge is 0.480 e. The third-order valence-corrected chi connectivity index (χ3v) is 10.4. The molecule has 4 N–H and O–H groups in total. The van der Waals surface area contributed by atoms with E-state index in [4.69, 9.17) is 13.8 Å². The maximum atomic E-state index is 12.3. The first-order chi connectivity index (χ1) is 29.6. The molecule has 0 aliphatic rings. The Morgan fingerprint density at radius 3 is 1.43 bits per heavy atom. The fraction of sp³-hybridized carbons (Fsp3) is 0.653. The predicted molar refractivity (Wildman–Crippen MR) is 249 cm³/mol. The molecular formula is C49H82NO10P. The molecule has 3 unspecified atom stereocenters. The summed E-state index contributed by atoms with van der Waals surface area (Å²) < 4.78 is 26.9. The summed E-state index contributed by atoms with van der Waals surface area (Å²) in [5.74, 6) is -2.42. The third kappa shape index (κ3) is 43.1. The number of carboxylic acids is 1. The Morgan fingerprint density at radius 2 is 0.951 bits per heavy atom. The van der Waals surface area contributed by atoms with Crippen LogP contribution in [0.25, 0.3) is 0 Å². The molecule has 11 nitrogen and oxygen atoms in total. The average Bonchev–Trinajstić information content (AvgIpc) is 3.24. The van der Waals surface area contributed by atoms with Gasteiger partial charge in [0, 0.05) is 12.8 Å². The number of aliphatic hydroxyl groups is 1. The van der Waals surface area contributed by atoms with Crippen LogP contribution < -0.4 is 5.32 Å². The molecule has 0 aliphatic heterocycles. The van der Waals surface area contributed by atoms with Crippen molar-refractivity contribution in [2.75, 3.05) is 19.8 Å². The number of carboxylic acid groups (broad SMARTS) is 1. The van der Waals surface area contributed by atoms with E-state index in [2.05, 4.69) is 104 Å². The number of ether oxygens (including phenoxy) is 1. The highest BCUT2D eigenvalue weighted by Gasteiger charge is 2.28. The predicted octanol–water partition coefficient (Wildman–Crippen LogP) is 12.3. The van der Waals surface area contributed by atoms with Crippen LogP contribution in [0.1, 0.15) is 174 Å².